The zero-order valence-electron chi connectivity index (χ0n) is 10.5. The number of benzene rings is 1. The van der Waals surface area contributed by atoms with E-state index >= 15 is 0 Å². The van der Waals surface area contributed by atoms with Crippen molar-refractivity contribution in [3.05, 3.63) is 47.9 Å². The summed E-state index contributed by atoms with van der Waals surface area (Å²) in [6, 6.07) is 8.07. The molecule has 0 saturated carbocycles. The first kappa shape index (κ1) is 12.1. The molecule has 0 saturated heterocycles. The minimum Gasteiger partial charge on any atom is -0.478 e. The Hall–Kier alpha value is -2.96. The molecule has 20 heavy (non-hydrogen) atoms. The first-order chi connectivity index (χ1) is 9.65. The summed E-state index contributed by atoms with van der Waals surface area (Å²) in [4.78, 5) is 19.3. The summed E-state index contributed by atoms with van der Waals surface area (Å²) in [6.07, 6.45) is 1.36. The predicted octanol–water partition coefficient (Wildman–Crippen LogP) is 1.92. The summed E-state index contributed by atoms with van der Waals surface area (Å²) >= 11 is 0. The minimum atomic E-state index is -1.05. The molecule has 0 aliphatic carbocycles. The smallest absolute Gasteiger partial charge is 0.339 e. The average Bonchev–Trinajstić information content (AvgIpc) is 2.87. The van der Waals surface area contributed by atoms with Crippen molar-refractivity contribution in [1.82, 2.24) is 19.6 Å². The molecule has 0 unspecified atom stereocenters. The monoisotopic (exact) mass is 270 g/mol. The van der Waals surface area contributed by atoms with Gasteiger partial charge in [-0.1, -0.05) is 12.1 Å². The second kappa shape index (κ2) is 4.61. The molecule has 1 aromatic carbocycles. The van der Waals surface area contributed by atoms with E-state index in [1.54, 1.807) is 31.2 Å². The van der Waals surface area contributed by atoms with Crippen LogP contribution in [0, 0.1) is 6.92 Å². The van der Waals surface area contributed by atoms with Gasteiger partial charge in [0.05, 0.1) is 0 Å². The Labute approximate surface area is 113 Å². The number of carboxylic acids is 1. The molecule has 0 bridgehead atoms. The molecule has 7 heteroatoms. The van der Waals surface area contributed by atoms with Crippen LogP contribution in [-0.2, 0) is 0 Å². The maximum Gasteiger partial charge on any atom is 0.339 e. The highest BCUT2D eigenvalue weighted by Gasteiger charge is 2.13. The van der Waals surface area contributed by atoms with Gasteiger partial charge < -0.3 is 9.84 Å². The molecule has 2 aromatic heterocycles. The largest absolute Gasteiger partial charge is 0.478 e. The van der Waals surface area contributed by atoms with E-state index in [9.17, 15) is 4.79 Å². The van der Waals surface area contributed by atoms with Gasteiger partial charge in [0.1, 0.15) is 17.6 Å². The third-order valence-corrected chi connectivity index (χ3v) is 2.68. The Kier molecular flexibility index (Phi) is 2.79. The third kappa shape index (κ3) is 2.05. The lowest BCUT2D eigenvalue weighted by molar-refractivity contribution is 0.0694. The van der Waals surface area contributed by atoms with E-state index in [1.165, 1.54) is 16.9 Å². The van der Waals surface area contributed by atoms with Gasteiger partial charge in [-0.2, -0.15) is 14.6 Å². The lowest BCUT2D eigenvalue weighted by Crippen LogP contribution is -2.03. The van der Waals surface area contributed by atoms with Crippen molar-refractivity contribution < 1.29 is 14.6 Å². The molecule has 3 rings (SSSR count). The standard InChI is InChI=1S/C13H10N4O3/c1-8-6-11(17-13(16-8)14-7-15-17)20-10-5-3-2-4-9(10)12(18)19/h2-7H,1H3,(H,18,19). The summed E-state index contributed by atoms with van der Waals surface area (Å²) < 4.78 is 7.07. The van der Waals surface area contributed by atoms with Crippen LogP contribution in [0.25, 0.3) is 5.78 Å². The van der Waals surface area contributed by atoms with Crippen molar-refractivity contribution in [2.75, 3.05) is 0 Å². The van der Waals surface area contributed by atoms with E-state index in [1.807, 2.05) is 0 Å². The van der Waals surface area contributed by atoms with Crippen molar-refractivity contribution in [1.29, 1.82) is 0 Å². The van der Waals surface area contributed by atoms with Crippen LogP contribution in [0.4, 0.5) is 0 Å². The number of rotatable bonds is 3. The van der Waals surface area contributed by atoms with Gasteiger partial charge in [0.25, 0.3) is 5.78 Å². The van der Waals surface area contributed by atoms with Crippen LogP contribution in [-0.4, -0.2) is 30.7 Å². The topological polar surface area (TPSA) is 89.6 Å². The van der Waals surface area contributed by atoms with Gasteiger partial charge in [-0.3, -0.25) is 0 Å². The van der Waals surface area contributed by atoms with Crippen LogP contribution in [0.15, 0.2) is 36.7 Å². The maximum atomic E-state index is 11.2. The molecule has 0 aliphatic heterocycles. The number of carbonyl (C=O) groups is 1. The highest BCUT2D eigenvalue weighted by atomic mass is 16.5. The van der Waals surface area contributed by atoms with E-state index in [-0.39, 0.29) is 11.3 Å². The third-order valence-electron chi connectivity index (χ3n) is 2.68. The van der Waals surface area contributed by atoms with Crippen molar-refractivity contribution in [2.45, 2.75) is 6.92 Å². The molecule has 3 aromatic rings. The summed E-state index contributed by atoms with van der Waals surface area (Å²) in [7, 11) is 0. The fourth-order valence-electron chi connectivity index (χ4n) is 1.81. The number of aryl methyl sites for hydroxylation is 1. The Morgan fingerprint density at radius 2 is 2.15 bits per heavy atom. The maximum absolute atomic E-state index is 11.2. The summed E-state index contributed by atoms with van der Waals surface area (Å²) in [6.45, 7) is 1.80. The lowest BCUT2D eigenvalue weighted by atomic mass is 10.2. The Bertz CT molecular complexity index is 797. The molecule has 0 aliphatic rings. The Morgan fingerprint density at radius 3 is 2.95 bits per heavy atom. The van der Waals surface area contributed by atoms with Crippen LogP contribution in [0.1, 0.15) is 16.1 Å². The lowest BCUT2D eigenvalue weighted by Gasteiger charge is -2.09. The summed E-state index contributed by atoms with van der Waals surface area (Å²) in [5.74, 6) is -0.0601. The van der Waals surface area contributed by atoms with Crippen LogP contribution in [0.3, 0.4) is 0 Å². The molecular weight excluding hydrogens is 260 g/mol. The van der Waals surface area contributed by atoms with E-state index in [4.69, 9.17) is 9.84 Å². The van der Waals surface area contributed by atoms with Gasteiger partial charge >= 0.3 is 5.97 Å². The van der Waals surface area contributed by atoms with E-state index in [0.717, 1.165) is 0 Å². The number of hydrogen-bond acceptors (Lipinski definition) is 5. The molecule has 1 N–H and O–H groups in total. The van der Waals surface area contributed by atoms with Crippen molar-refractivity contribution in [3.8, 4) is 11.6 Å². The highest BCUT2D eigenvalue weighted by Crippen LogP contribution is 2.25. The number of carboxylic acid groups (broad SMARTS) is 1. The number of fused-ring (bicyclic) bond motifs is 1. The van der Waals surface area contributed by atoms with Crippen LogP contribution < -0.4 is 4.74 Å². The normalized spacial score (nSPS) is 10.7. The van der Waals surface area contributed by atoms with Gasteiger partial charge in [-0.05, 0) is 19.1 Å². The Morgan fingerprint density at radius 1 is 1.35 bits per heavy atom. The van der Waals surface area contributed by atoms with Crippen LogP contribution >= 0.6 is 0 Å². The van der Waals surface area contributed by atoms with Gasteiger partial charge in [0.2, 0.25) is 5.88 Å². The molecule has 0 atom stereocenters. The molecule has 0 spiro atoms. The number of nitrogens with zero attached hydrogens (tertiary/aromatic N) is 4. The van der Waals surface area contributed by atoms with E-state index < -0.39 is 5.97 Å². The van der Waals surface area contributed by atoms with Crippen LogP contribution in [0.5, 0.6) is 11.6 Å². The second-order valence-electron chi connectivity index (χ2n) is 4.11. The van der Waals surface area contributed by atoms with Gasteiger partial charge in [-0.15, -0.1) is 0 Å². The van der Waals surface area contributed by atoms with Gasteiger partial charge in [0.15, 0.2) is 0 Å². The predicted molar refractivity (Wildman–Crippen MR) is 69.0 cm³/mol. The first-order valence-electron chi connectivity index (χ1n) is 5.83. The van der Waals surface area contributed by atoms with Crippen molar-refractivity contribution >= 4 is 11.7 Å². The molecule has 7 nitrogen and oxygen atoms in total. The molecule has 2 heterocycles. The molecule has 0 fully saturated rings. The molecule has 0 amide bonds. The van der Waals surface area contributed by atoms with Crippen molar-refractivity contribution in [2.24, 2.45) is 0 Å². The average molecular weight is 270 g/mol. The molecular formula is C13H10N4O3. The Balaban J connectivity index is 2.10. The van der Waals surface area contributed by atoms with Gasteiger partial charge in [0, 0.05) is 11.8 Å². The number of para-hydroxylation sites is 1. The number of ether oxygens (including phenoxy) is 1. The summed E-state index contributed by atoms with van der Waals surface area (Å²) in [5, 5.41) is 13.1. The van der Waals surface area contributed by atoms with Gasteiger partial charge in [-0.25, -0.2) is 9.78 Å². The molecule has 100 valence electrons. The number of hydrogen-bond donors (Lipinski definition) is 1. The second-order valence-corrected chi connectivity index (χ2v) is 4.11. The molecule has 0 radical (unpaired) electrons. The van der Waals surface area contributed by atoms with Crippen LogP contribution in [0.2, 0.25) is 0 Å². The number of aromatic carboxylic acids is 1. The van der Waals surface area contributed by atoms with Crippen molar-refractivity contribution in [3.63, 3.8) is 0 Å². The first-order valence-corrected chi connectivity index (χ1v) is 5.83. The minimum absolute atomic E-state index is 0.0789. The number of aromatic nitrogens is 4. The fourth-order valence-corrected chi connectivity index (χ4v) is 1.81. The quantitative estimate of drug-likeness (QED) is 0.782. The summed E-state index contributed by atoms with van der Waals surface area (Å²) in [5.41, 5.74) is 0.781. The highest BCUT2D eigenvalue weighted by molar-refractivity contribution is 5.90. The zero-order chi connectivity index (χ0) is 14.1. The SMILES string of the molecule is Cc1cc(Oc2ccccc2C(=O)O)n2ncnc2n1. The van der Waals surface area contributed by atoms with E-state index in [2.05, 4.69) is 15.1 Å². The fraction of sp³-hybridized carbons (Fsp3) is 0.0769. The zero-order valence-corrected chi connectivity index (χ0v) is 10.5. The van der Waals surface area contributed by atoms with E-state index in [0.29, 0.717) is 17.4 Å².